The Labute approximate surface area is 135 Å². The van der Waals surface area contributed by atoms with Crippen LogP contribution in [0.2, 0.25) is 0 Å². The fraction of sp³-hybridized carbons (Fsp3) is 0.412. The number of esters is 1. The number of rotatable bonds is 6. The van der Waals surface area contributed by atoms with E-state index >= 15 is 0 Å². The number of hydrogen-bond acceptors (Lipinski definition) is 5. The van der Waals surface area contributed by atoms with Gasteiger partial charge in [0.15, 0.2) is 0 Å². The zero-order chi connectivity index (χ0) is 16.5. The number of carbonyl (C=O) groups excluding carboxylic acids is 2. The predicted octanol–water partition coefficient (Wildman–Crippen LogP) is 1.21. The van der Waals surface area contributed by atoms with Crippen LogP contribution < -0.4 is 5.32 Å². The molecule has 23 heavy (non-hydrogen) atoms. The molecule has 1 aliphatic rings. The summed E-state index contributed by atoms with van der Waals surface area (Å²) in [6.07, 6.45) is 2.70. The highest BCUT2D eigenvalue weighted by Crippen LogP contribution is 2.14. The van der Waals surface area contributed by atoms with Crippen LogP contribution in [0.5, 0.6) is 0 Å². The first-order chi connectivity index (χ1) is 11.2. The number of amides is 1. The Balaban J connectivity index is 1.86. The Morgan fingerprint density at radius 2 is 2.09 bits per heavy atom. The highest BCUT2D eigenvalue weighted by molar-refractivity contribution is 5.94. The van der Waals surface area contributed by atoms with Gasteiger partial charge < -0.3 is 19.5 Å². The first kappa shape index (κ1) is 17.2. The van der Waals surface area contributed by atoms with Crippen molar-refractivity contribution in [3.8, 4) is 0 Å². The van der Waals surface area contributed by atoms with Crippen molar-refractivity contribution >= 4 is 11.9 Å². The molecule has 1 N–H and O–H groups in total. The minimum absolute atomic E-state index is 0.151. The molecule has 2 rings (SSSR count). The third-order valence-corrected chi connectivity index (χ3v) is 3.51. The number of ether oxygens (including phenoxy) is 3. The largest absolute Gasteiger partial charge is 0.466 e. The third kappa shape index (κ3) is 5.84. The first-order valence-corrected chi connectivity index (χ1v) is 7.49. The normalized spacial score (nSPS) is 21.1. The SMILES string of the molecule is COC(=O)/C=C/C(=O)NC1CCOCC1OCc1ccccc1. The van der Waals surface area contributed by atoms with Gasteiger partial charge in [0, 0.05) is 18.8 Å². The van der Waals surface area contributed by atoms with Crippen molar-refractivity contribution in [1.29, 1.82) is 0 Å². The fourth-order valence-corrected chi connectivity index (χ4v) is 2.26. The molecule has 0 bridgehead atoms. The van der Waals surface area contributed by atoms with Crippen LogP contribution in [-0.4, -0.2) is 44.3 Å². The topological polar surface area (TPSA) is 73.9 Å². The summed E-state index contributed by atoms with van der Waals surface area (Å²) in [6, 6.07) is 9.67. The van der Waals surface area contributed by atoms with Gasteiger partial charge in [0.2, 0.25) is 5.91 Å². The van der Waals surface area contributed by atoms with Crippen molar-refractivity contribution in [3.63, 3.8) is 0 Å². The van der Waals surface area contributed by atoms with Gasteiger partial charge in [-0.15, -0.1) is 0 Å². The molecule has 2 unspecified atom stereocenters. The van der Waals surface area contributed by atoms with Gasteiger partial charge in [-0.25, -0.2) is 4.79 Å². The van der Waals surface area contributed by atoms with Crippen LogP contribution in [-0.2, 0) is 30.4 Å². The second-order valence-electron chi connectivity index (χ2n) is 5.17. The summed E-state index contributed by atoms with van der Waals surface area (Å²) in [4.78, 5) is 22.8. The summed E-state index contributed by atoms with van der Waals surface area (Å²) in [5, 5.41) is 2.85. The average Bonchev–Trinajstić information content (AvgIpc) is 2.59. The number of benzene rings is 1. The van der Waals surface area contributed by atoms with E-state index in [1.165, 1.54) is 7.11 Å². The monoisotopic (exact) mass is 319 g/mol. The van der Waals surface area contributed by atoms with Gasteiger partial charge in [-0.2, -0.15) is 0 Å². The lowest BCUT2D eigenvalue weighted by atomic mass is 10.1. The zero-order valence-electron chi connectivity index (χ0n) is 13.1. The molecule has 6 nitrogen and oxygen atoms in total. The van der Waals surface area contributed by atoms with Crippen molar-refractivity contribution in [2.24, 2.45) is 0 Å². The number of hydrogen-bond donors (Lipinski definition) is 1. The molecule has 0 radical (unpaired) electrons. The second-order valence-corrected chi connectivity index (χ2v) is 5.17. The van der Waals surface area contributed by atoms with E-state index in [2.05, 4.69) is 10.1 Å². The molecule has 1 amide bonds. The van der Waals surface area contributed by atoms with E-state index in [4.69, 9.17) is 9.47 Å². The molecule has 1 saturated heterocycles. The van der Waals surface area contributed by atoms with Gasteiger partial charge in [-0.3, -0.25) is 4.79 Å². The molecular formula is C17H21NO5. The minimum Gasteiger partial charge on any atom is -0.466 e. The van der Waals surface area contributed by atoms with Crippen LogP contribution in [0, 0.1) is 0 Å². The Bertz CT molecular complexity index is 543. The van der Waals surface area contributed by atoms with Gasteiger partial charge in [-0.05, 0) is 12.0 Å². The van der Waals surface area contributed by atoms with Crippen molar-refractivity contribution < 1.29 is 23.8 Å². The van der Waals surface area contributed by atoms with Crippen molar-refractivity contribution in [3.05, 3.63) is 48.0 Å². The maximum Gasteiger partial charge on any atom is 0.330 e. The summed E-state index contributed by atoms with van der Waals surface area (Å²) in [6.45, 7) is 1.45. The van der Waals surface area contributed by atoms with Crippen LogP contribution in [0.25, 0.3) is 0 Å². The summed E-state index contributed by atoms with van der Waals surface area (Å²) < 4.78 is 15.8. The zero-order valence-corrected chi connectivity index (χ0v) is 13.1. The molecule has 0 spiro atoms. The number of methoxy groups -OCH3 is 1. The Kier molecular flexibility index (Phi) is 6.77. The van der Waals surface area contributed by atoms with Crippen molar-refractivity contribution in [2.75, 3.05) is 20.3 Å². The lowest BCUT2D eigenvalue weighted by Crippen LogP contribution is -2.49. The van der Waals surface area contributed by atoms with Crippen LogP contribution in [0.1, 0.15) is 12.0 Å². The second kappa shape index (κ2) is 9.07. The van der Waals surface area contributed by atoms with Gasteiger partial charge in [0.05, 0.1) is 26.4 Å². The van der Waals surface area contributed by atoms with Crippen LogP contribution in [0.3, 0.4) is 0 Å². The minimum atomic E-state index is -0.566. The highest BCUT2D eigenvalue weighted by Gasteiger charge is 2.27. The standard InChI is InChI=1S/C17H21NO5/c1-21-17(20)8-7-16(19)18-14-9-10-22-12-15(14)23-11-13-5-3-2-4-6-13/h2-8,14-15H,9-12H2,1H3,(H,18,19)/b8-7+. The van der Waals surface area contributed by atoms with Gasteiger partial charge in [0.25, 0.3) is 0 Å². The summed E-state index contributed by atoms with van der Waals surface area (Å²) in [7, 11) is 1.26. The maximum absolute atomic E-state index is 11.8. The van der Waals surface area contributed by atoms with Gasteiger partial charge in [0.1, 0.15) is 6.10 Å². The van der Waals surface area contributed by atoms with E-state index in [1.807, 2.05) is 30.3 Å². The number of nitrogens with one attached hydrogen (secondary N) is 1. The average molecular weight is 319 g/mol. The van der Waals surface area contributed by atoms with E-state index in [-0.39, 0.29) is 18.1 Å². The molecule has 1 aromatic carbocycles. The fourth-order valence-electron chi connectivity index (χ4n) is 2.26. The quantitative estimate of drug-likeness (QED) is 0.630. The smallest absolute Gasteiger partial charge is 0.330 e. The molecule has 0 saturated carbocycles. The predicted molar refractivity (Wildman–Crippen MR) is 83.5 cm³/mol. The maximum atomic E-state index is 11.8. The first-order valence-electron chi connectivity index (χ1n) is 7.49. The van der Waals surface area contributed by atoms with Crippen molar-refractivity contribution in [1.82, 2.24) is 5.32 Å². The summed E-state index contributed by atoms with van der Waals surface area (Å²) >= 11 is 0. The third-order valence-electron chi connectivity index (χ3n) is 3.51. The van der Waals surface area contributed by atoms with Gasteiger partial charge >= 0.3 is 5.97 Å². The van der Waals surface area contributed by atoms with E-state index in [0.29, 0.717) is 26.2 Å². The summed E-state index contributed by atoms with van der Waals surface area (Å²) in [5.41, 5.74) is 1.06. The summed E-state index contributed by atoms with van der Waals surface area (Å²) in [5.74, 6) is -0.917. The van der Waals surface area contributed by atoms with Crippen molar-refractivity contribution in [2.45, 2.75) is 25.2 Å². The van der Waals surface area contributed by atoms with E-state index in [1.54, 1.807) is 0 Å². The molecule has 0 aromatic heterocycles. The lowest BCUT2D eigenvalue weighted by molar-refractivity contribution is -0.135. The molecule has 1 aliphatic heterocycles. The van der Waals surface area contributed by atoms with E-state index < -0.39 is 5.97 Å². The molecule has 1 heterocycles. The lowest BCUT2D eigenvalue weighted by Gasteiger charge is -2.31. The van der Waals surface area contributed by atoms with Crippen LogP contribution in [0.4, 0.5) is 0 Å². The molecule has 2 atom stereocenters. The highest BCUT2D eigenvalue weighted by atomic mass is 16.5. The molecular weight excluding hydrogens is 298 g/mol. The molecule has 6 heteroatoms. The Hall–Kier alpha value is -2.18. The molecule has 0 aliphatic carbocycles. The van der Waals surface area contributed by atoms with Gasteiger partial charge in [-0.1, -0.05) is 30.3 Å². The molecule has 124 valence electrons. The Morgan fingerprint density at radius 1 is 1.30 bits per heavy atom. The molecule has 1 aromatic rings. The van der Waals surface area contributed by atoms with Crippen LogP contribution in [0.15, 0.2) is 42.5 Å². The van der Waals surface area contributed by atoms with Crippen LogP contribution >= 0.6 is 0 Å². The Morgan fingerprint density at radius 3 is 2.83 bits per heavy atom. The number of carbonyl (C=O) groups is 2. The van der Waals surface area contributed by atoms with E-state index in [9.17, 15) is 9.59 Å². The van der Waals surface area contributed by atoms with E-state index in [0.717, 1.165) is 17.7 Å². The molecule has 1 fully saturated rings.